The summed E-state index contributed by atoms with van der Waals surface area (Å²) in [4.78, 5) is 8.46. The molecule has 2 heterocycles. The van der Waals surface area contributed by atoms with E-state index in [4.69, 9.17) is 0 Å². The molecule has 4 rings (SSSR count). The lowest BCUT2D eigenvalue weighted by molar-refractivity contribution is 0.293. The summed E-state index contributed by atoms with van der Waals surface area (Å²) in [6, 6.07) is 5.33. The maximum atomic E-state index is 12.6. The van der Waals surface area contributed by atoms with Crippen molar-refractivity contribution in [2.45, 2.75) is 42.7 Å². The Balaban J connectivity index is 1.44. The Morgan fingerprint density at radius 1 is 1.21 bits per heavy atom. The number of nitrogens with one attached hydrogen (secondary N) is 1. The molecule has 0 unspecified atom stereocenters. The minimum Gasteiger partial charge on any atom is -0.250 e. The number of benzene rings is 1. The zero-order valence-corrected chi connectivity index (χ0v) is 14.5. The van der Waals surface area contributed by atoms with E-state index in [0.29, 0.717) is 10.9 Å². The summed E-state index contributed by atoms with van der Waals surface area (Å²) in [7, 11) is -3.51. The summed E-state index contributed by atoms with van der Waals surface area (Å²) >= 11 is 1.44. The van der Waals surface area contributed by atoms with Gasteiger partial charge in [-0.05, 0) is 43.9 Å². The predicted molar refractivity (Wildman–Crippen MR) is 91.3 cm³/mol. The number of hydrogen-bond donors (Lipinski definition) is 1. The van der Waals surface area contributed by atoms with Crippen LogP contribution in [0.1, 0.15) is 31.7 Å². The second-order valence-electron chi connectivity index (χ2n) is 5.98. The van der Waals surface area contributed by atoms with Crippen molar-refractivity contribution in [1.29, 1.82) is 0 Å². The monoisotopic (exact) mass is 363 g/mol. The van der Waals surface area contributed by atoms with Gasteiger partial charge in [-0.25, -0.2) is 27.8 Å². The molecule has 0 radical (unpaired) electrons. The quantitative estimate of drug-likeness (QED) is 0.768. The number of hydrogen-bond acceptors (Lipinski definition) is 6. The highest BCUT2D eigenvalue weighted by Gasteiger charge is 2.27. The van der Waals surface area contributed by atoms with Crippen molar-refractivity contribution in [3.05, 3.63) is 36.4 Å². The molecule has 7 nitrogen and oxygen atoms in total. The fraction of sp³-hybridized carbons (Fsp3) is 0.400. The smallest absolute Gasteiger partial charge is 0.240 e. The Labute approximate surface area is 143 Å². The van der Waals surface area contributed by atoms with Gasteiger partial charge in [0, 0.05) is 6.04 Å². The molecule has 0 atom stereocenters. The first kappa shape index (κ1) is 15.7. The van der Waals surface area contributed by atoms with Crippen molar-refractivity contribution < 1.29 is 8.42 Å². The molecule has 2 aromatic heterocycles. The Bertz CT molecular complexity index is 928. The Morgan fingerprint density at radius 3 is 2.79 bits per heavy atom. The molecular weight excluding hydrogens is 346 g/mol. The van der Waals surface area contributed by atoms with Crippen LogP contribution in [0, 0.1) is 0 Å². The van der Waals surface area contributed by atoms with Crippen LogP contribution in [-0.4, -0.2) is 34.2 Å². The molecule has 9 heteroatoms. The molecule has 1 aliphatic carbocycles. The first-order valence-electron chi connectivity index (χ1n) is 7.81. The molecule has 0 amide bonds. The number of nitrogens with zero attached hydrogens (tertiary/aromatic N) is 4. The standard InChI is InChI=1S/C15H17N5O2S2/c21-24(22,13-5-6-14-15(7-13)23-10-17-14)19-11-1-3-12(4-2-11)20-9-16-8-18-20/h5-12,19H,1-4H2. The lowest BCUT2D eigenvalue weighted by Crippen LogP contribution is -2.38. The van der Waals surface area contributed by atoms with E-state index in [1.54, 1.807) is 30.0 Å². The number of sulfonamides is 1. The van der Waals surface area contributed by atoms with Gasteiger partial charge in [-0.15, -0.1) is 11.3 Å². The third-order valence-corrected chi connectivity index (χ3v) is 6.75. The number of aromatic nitrogens is 4. The normalized spacial score (nSPS) is 22.0. The third-order valence-electron chi connectivity index (χ3n) is 4.44. The zero-order valence-electron chi connectivity index (χ0n) is 12.9. The van der Waals surface area contributed by atoms with Gasteiger partial charge >= 0.3 is 0 Å². The first-order valence-corrected chi connectivity index (χ1v) is 10.2. The zero-order chi connectivity index (χ0) is 16.6. The van der Waals surface area contributed by atoms with Crippen molar-refractivity contribution in [2.75, 3.05) is 0 Å². The lowest BCUT2D eigenvalue weighted by Gasteiger charge is -2.28. The Morgan fingerprint density at radius 2 is 2.04 bits per heavy atom. The topological polar surface area (TPSA) is 89.8 Å². The van der Waals surface area contributed by atoms with Crippen LogP contribution in [0.4, 0.5) is 0 Å². The fourth-order valence-corrected chi connectivity index (χ4v) is 5.28. The second kappa shape index (κ2) is 6.23. The fourth-order valence-electron chi connectivity index (χ4n) is 3.15. The van der Waals surface area contributed by atoms with Crippen LogP contribution in [0.3, 0.4) is 0 Å². The van der Waals surface area contributed by atoms with Crippen LogP contribution in [0.25, 0.3) is 10.2 Å². The molecule has 1 saturated carbocycles. The highest BCUT2D eigenvalue weighted by Crippen LogP contribution is 2.29. The maximum absolute atomic E-state index is 12.6. The van der Waals surface area contributed by atoms with E-state index >= 15 is 0 Å². The van der Waals surface area contributed by atoms with Gasteiger partial charge in [0.15, 0.2) is 0 Å². The second-order valence-corrected chi connectivity index (χ2v) is 8.58. The summed E-state index contributed by atoms with van der Waals surface area (Å²) in [6.07, 6.45) is 6.64. The SMILES string of the molecule is O=S(=O)(NC1CCC(n2cncn2)CC1)c1ccc2ncsc2c1. The van der Waals surface area contributed by atoms with Crippen molar-refractivity contribution in [1.82, 2.24) is 24.5 Å². The van der Waals surface area contributed by atoms with Crippen LogP contribution in [-0.2, 0) is 10.0 Å². The molecule has 126 valence electrons. The number of rotatable bonds is 4. The highest BCUT2D eigenvalue weighted by molar-refractivity contribution is 7.89. The van der Waals surface area contributed by atoms with E-state index in [9.17, 15) is 8.42 Å². The molecule has 24 heavy (non-hydrogen) atoms. The molecule has 1 fully saturated rings. The predicted octanol–water partition coefficient (Wildman–Crippen LogP) is 2.35. The molecular formula is C15H17N5O2S2. The van der Waals surface area contributed by atoms with Crippen molar-refractivity contribution in [3.63, 3.8) is 0 Å². The summed E-state index contributed by atoms with van der Waals surface area (Å²) < 4.78 is 30.8. The minimum absolute atomic E-state index is 0.0353. The van der Waals surface area contributed by atoms with Crippen LogP contribution in [0.5, 0.6) is 0 Å². The van der Waals surface area contributed by atoms with E-state index < -0.39 is 10.0 Å². The van der Waals surface area contributed by atoms with Gasteiger partial charge in [-0.2, -0.15) is 5.10 Å². The molecule has 0 bridgehead atoms. The van der Waals surface area contributed by atoms with E-state index in [1.807, 2.05) is 4.68 Å². The van der Waals surface area contributed by atoms with Gasteiger partial charge in [0.25, 0.3) is 0 Å². The van der Waals surface area contributed by atoms with Crippen LogP contribution in [0.2, 0.25) is 0 Å². The molecule has 1 N–H and O–H groups in total. The van der Waals surface area contributed by atoms with Gasteiger partial charge < -0.3 is 0 Å². The minimum atomic E-state index is -3.51. The van der Waals surface area contributed by atoms with E-state index in [2.05, 4.69) is 19.8 Å². The summed E-state index contributed by atoms with van der Waals surface area (Å²) in [6.45, 7) is 0. The molecule has 0 spiro atoms. The number of thiazole rings is 1. The van der Waals surface area contributed by atoms with Gasteiger partial charge in [-0.3, -0.25) is 0 Å². The van der Waals surface area contributed by atoms with Gasteiger partial charge in [0.05, 0.1) is 26.7 Å². The first-order chi connectivity index (χ1) is 11.6. The van der Waals surface area contributed by atoms with Crippen LogP contribution < -0.4 is 4.72 Å². The molecule has 0 aliphatic heterocycles. The van der Waals surface area contributed by atoms with Crippen LogP contribution in [0.15, 0.2) is 41.3 Å². The van der Waals surface area contributed by atoms with Gasteiger partial charge in [-0.1, -0.05) is 0 Å². The average Bonchev–Trinajstić information content (AvgIpc) is 3.26. The lowest BCUT2D eigenvalue weighted by atomic mass is 9.92. The summed E-state index contributed by atoms with van der Waals surface area (Å²) in [5.74, 6) is 0. The maximum Gasteiger partial charge on any atom is 0.240 e. The Kier molecular flexibility index (Phi) is 4.07. The highest BCUT2D eigenvalue weighted by atomic mass is 32.2. The van der Waals surface area contributed by atoms with Crippen molar-refractivity contribution >= 4 is 31.6 Å². The van der Waals surface area contributed by atoms with Crippen molar-refractivity contribution in [3.8, 4) is 0 Å². The summed E-state index contributed by atoms with van der Waals surface area (Å²) in [5.41, 5.74) is 2.55. The van der Waals surface area contributed by atoms with Gasteiger partial charge in [0.1, 0.15) is 12.7 Å². The largest absolute Gasteiger partial charge is 0.250 e. The number of fused-ring (bicyclic) bond motifs is 1. The third kappa shape index (κ3) is 3.06. The van der Waals surface area contributed by atoms with E-state index in [0.717, 1.165) is 35.9 Å². The summed E-state index contributed by atoms with van der Waals surface area (Å²) in [5, 5.41) is 4.17. The van der Waals surface area contributed by atoms with Crippen molar-refractivity contribution in [2.24, 2.45) is 0 Å². The van der Waals surface area contributed by atoms with Gasteiger partial charge in [0.2, 0.25) is 10.0 Å². The molecule has 1 aliphatic rings. The molecule has 0 saturated heterocycles. The average molecular weight is 363 g/mol. The Hall–Kier alpha value is -1.84. The molecule has 3 aromatic rings. The van der Waals surface area contributed by atoms with E-state index in [-0.39, 0.29) is 6.04 Å². The van der Waals surface area contributed by atoms with E-state index in [1.165, 1.54) is 17.7 Å². The molecule has 1 aromatic carbocycles. The van der Waals surface area contributed by atoms with Crippen LogP contribution >= 0.6 is 11.3 Å².